The third kappa shape index (κ3) is 5.53. The Bertz CT molecular complexity index is 436. The van der Waals surface area contributed by atoms with Crippen molar-refractivity contribution in [1.82, 2.24) is 5.32 Å². The predicted molar refractivity (Wildman–Crippen MR) is 74.3 cm³/mol. The SMILES string of the molecule is CC(C)CC(C)(O)CNCC(O)c1ccc(F)c(F)c1. The number of benzene rings is 1. The second-order valence-electron chi connectivity index (χ2n) is 5.92. The zero-order valence-corrected chi connectivity index (χ0v) is 12.2. The number of nitrogens with one attached hydrogen (secondary N) is 1. The number of aliphatic hydroxyl groups is 2. The smallest absolute Gasteiger partial charge is 0.159 e. The van der Waals surface area contributed by atoms with E-state index < -0.39 is 23.3 Å². The zero-order valence-electron chi connectivity index (χ0n) is 12.2. The number of halogens is 2. The monoisotopic (exact) mass is 287 g/mol. The minimum absolute atomic E-state index is 0.166. The van der Waals surface area contributed by atoms with Gasteiger partial charge in [-0.1, -0.05) is 19.9 Å². The van der Waals surface area contributed by atoms with Crippen molar-refractivity contribution in [2.24, 2.45) is 5.92 Å². The Morgan fingerprint density at radius 1 is 1.25 bits per heavy atom. The van der Waals surface area contributed by atoms with Gasteiger partial charge in [0.05, 0.1) is 11.7 Å². The van der Waals surface area contributed by atoms with E-state index in [2.05, 4.69) is 5.32 Å². The fourth-order valence-electron chi connectivity index (χ4n) is 2.27. The fourth-order valence-corrected chi connectivity index (χ4v) is 2.27. The van der Waals surface area contributed by atoms with Gasteiger partial charge in [0.1, 0.15) is 0 Å². The van der Waals surface area contributed by atoms with E-state index in [-0.39, 0.29) is 6.54 Å². The third-order valence-electron chi connectivity index (χ3n) is 3.02. The van der Waals surface area contributed by atoms with Crippen LogP contribution in [0.4, 0.5) is 8.78 Å². The van der Waals surface area contributed by atoms with E-state index in [9.17, 15) is 19.0 Å². The number of hydrogen-bond acceptors (Lipinski definition) is 3. The molecule has 2 unspecified atom stereocenters. The van der Waals surface area contributed by atoms with Crippen LogP contribution in [-0.2, 0) is 0 Å². The summed E-state index contributed by atoms with van der Waals surface area (Å²) in [7, 11) is 0. The van der Waals surface area contributed by atoms with Crippen molar-refractivity contribution in [3.63, 3.8) is 0 Å². The van der Waals surface area contributed by atoms with Crippen molar-refractivity contribution in [2.45, 2.75) is 38.9 Å². The van der Waals surface area contributed by atoms with E-state index in [0.29, 0.717) is 24.4 Å². The Morgan fingerprint density at radius 3 is 2.45 bits per heavy atom. The van der Waals surface area contributed by atoms with Crippen molar-refractivity contribution in [1.29, 1.82) is 0 Å². The molecule has 3 nitrogen and oxygen atoms in total. The lowest BCUT2D eigenvalue weighted by Crippen LogP contribution is -2.40. The fraction of sp³-hybridized carbons (Fsp3) is 0.600. The van der Waals surface area contributed by atoms with Gasteiger partial charge in [-0.2, -0.15) is 0 Å². The van der Waals surface area contributed by atoms with Gasteiger partial charge < -0.3 is 15.5 Å². The second kappa shape index (κ2) is 7.11. The van der Waals surface area contributed by atoms with Crippen molar-refractivity contribution in [3.05, 3.63) is 35.4 Å². The first kappa shape index (κ1) is 17.0. The van der Waals surface area contributed by atoms with Crippen LogP contribution >= 0.6 is 0 Å². The van der Waals surface area contributed by atoms with Crippen LogP contribution in [0.1, 0.15) is 38.9 Å². The highest BCUT2D eigenvalue weighted by atomic mass is 19.2. The molecular formula is C15H23F2NO2. The molecule has 5 heteroatoms. The van der Waals surface area contributed by atoms with Gasteiger partial charge in [0.25, 0.3) is 0 Å². The van der Waals surface area contributed by atoms with Gasteiger partial charge in [0.2, 0.25) is 0 Å². The summed E-state index contributed by atoms with van der Waals surface area (Å²) >= 11 is 0. The van der Waals surface area contributed by atoms with Crippen LogP contribution in [0, 0.1) is 17.6 Å². The van der Waals surface area contributed by atoms with Crippen LogP contribution in [0.25, 0.3) is 0 Å². The molecule has 0 aliphatic rings. The Morgan fingerprint density at radius 2 is 1.90 bits per heavy atom. The molecule has 0 aromatic heterocycles. The van der Waals surface area contributed by atoms with Crippen LogP contribution in [0.2, 0.25) is 0 Å². The molecular weight excluding hydrogens is 264 g/mol. The van der Waals surface area contributed by atoms with Gasteiger partial charge in [-0.05, 0) is 37.0 Å². The molecule has 0 heterocycles. The molecule has 20 heavy (non-hydrogen) atoms. The summed E-state index contributed by atoms with van der Waals surface area (Å²) in [5.41, 5.74) is -0.554. The van der Waals surface area contributed by atoms with E-state index >= 15 is 0 Å². The Balaban J connectivity index is 2.47. The van der Waals surface area contributed by atoms with E-state index in [1.165, 1.54) is 6.07 Å². The minimum atomic E-state index is -0.978. The van der Waals surface area contributed by atoms with Gasteiger partial charge >= 0.3 is 0 Å². The lowest BCUT2D eigenvalue weighted by atomic mass is 9.94. The topological polar surface area (TPSA) is 52.5 Å². The highest BCUT2D eigenvalue weighted by molar-refractivity contribution is 5.20. The van der Waals surface area contributed by atoms with E-state index in [0.717, 1.165) is 12.1 Å². The van der Waals surface area contributed by atoms with Gasteiger partial charge in [-0.25, -0.2) is 8.78 Å². The van der Waals surface area contributed by atoms with Crippen LogP contribution in [0.5, 0.6) is 0 Å². The molecule has 1 rings (SSSR count). The molecule has 0 saturated carbocycles. The van der Waals surface area contributed by atoms with E-state index in [4.69, 9.17) is 0 Å². The molecule has 0 fully saturated rings. The second-order valence-corrected chi connectivity index (χ2v) is 5.92. The molecule has 0 bridgehead atoms. The zero-order chi connectivity index (χ0) is 15.3. The summed E-state index contributed by atoms with van der Waals surface area (Å²) in [4.78, 5) is 0. The molecule has 0 spiro atoms. The third-order valence-corrected chi connectivity index (χ3v) is 3.02. The van der Waals surface area contributed by atoms with Gasteiger partial charge in [-0.15, -0.1) is 0 Å². The molecule has 0 radical (unpaired) electrons. The summed E-state index contributed by atoms with van der Waals surface area (Å²) in [6.45, 7) is 6.25. The summed E-state index contributed by atoms with van der Waals surface area (Å²) in [5, 5.41) is 22.9. The van der Waals surface area contributed by atoms with Gasteiger partial charge in [0.15, 0.2) is 11.6 Å². The molecule has 0 aliphatic heterocycles. The van der Waals surface area contributed by atoms with Crippen molar-refractivity contribution >= 4 is 0 Å². The Hall–Kier alpha value is -1.04. The van der Waals surface area contributed by atoms with Crippen LogP contribution in [-0.4, -0.2) is 28.9 Å². The first-order valence-electron chi connectivity index (χ1n) is 6.77. The number of rotatable bonds is 7. The molecule has 0 saturated heterocycles. The molecule has 1 aromatic carbocycles. The lowest BCUT2D eigenvalue weighted by molar-refractivity contribution is 0.0352. The number of hydrogen-bond donors (Lipinski definition) is 3. The summed E-state index contributed by atoms with van der Waals surface area (Å²) in [6.07, 6.45) is -0.304. The van der Waals surface area contributed by atoms with Crippen molar-refractivity contribution in [2.75, 3.05) is 13.1 Å². The van der Waals surface area contributed by atoms with Gasteiger partial charge in [-0.3, -0.25) is 0 Å². The van der Waals surface area contributed by atoms with Crippen molar-refractivity contribution < 1.29 is 19.0 Å². The Kier molecular flexibility index (Phi) is 6.05. The molecule has 2 atom stereocenters. The van der Waals surface area contributed by atoms with Crippen LogP contribution < -0.4 is 5.32 Å². The average Bonchev–Trinajstić information content (AvgIpc) is 2.30. The normalized spacial score (nSPS) is 16.2. The highest BCUT2D eigenvalue weighted by Crippen LogP contribution is 2.17. The standard InChI is InChI=1S/C15H23F2NO2/c1-10(2)7-15(3,20)9-18-8-14(19)11-4-5-12(16)13(17)6-11/h4-6,10,14,18-20H,7-9H2,1-3H3. The Labute approximate surface area is 118 Å². The van der Waals surface area contributed by atoms with E-state index in [1.54, 1.807) is 6.92 Å². The maximum Gasteiger partial charge on any atom is 0.159 e. The van der Waals surface area contributed by atoms with Crippen molar-refractivity contribution in [3.8, 4) is 0 Å². The minimum Gasteiger partial charge on any atom is -0.389 e. The first-order valence-corrected chi connectivity index (χ1v) is 6.77. The van der Waals surface area contributed by atoms with Crippen LogP contribution in [0.15, 0.2) is 18.2 Å². The van der Waals surface area contributed by atoms with Crippen LogP contribution in [0.3, 0.4) is 0 Å². The molecule has 0 aliphatic carbocycles. The van der Waals surface area contributed by atoms with Gasteiger partial charge in [0, 0.05) is 13.1 Å². The molecule has 114 valence electrons. The highest BCUT2D eigenvalue weighted by Gasteiger charge is 2.21. The number of aliphatic hydroxyl groups excluding tert-OH is 1. The molecule has 3 N–H and O–H groups in total. The first-order chi connectivity index (χ1) is 9.21. The summed E-state index contributed by atoms with van der Waals surface area (Å²) < 4.78 is 25.8. The maximum atomic E-state index is 13.0. The summed E-state index contributed by atoms with van der Waals surface area (Å²) in [5.74, 6) is -1.55. The average molecular weight is 287 g/mol. The molecule has 1 aromatic rings. The summed E-state index contributed by atoms with van der Waals surface area (Å²) in [6, 6.07) is 3.31. The quantitative estimate of drug-likeness (QED) is 0.722. The molecule has 0 amide bonds. The lowest BCUT2D eigenvalue weighted by Gasteiger charge is -2.26. The van der Waals surface area contributed by atoms with E-state index in [1.807, 2.05) is 13.8 Å². The predicted octanol–water partition coefficient (Wildman–Crippen LogP) is 2.38. The maximum absolute atomic E-state index is 13.0. The largest absolute Gasteiger partial charge is 0.389 e.